The number of nitrogens with zero attached hydrogens (tertiary/aromatic N) is 5. The predicted molar refractivity (Wildman–Crippen MR) is 118 cm³/mol. The third-order valence-corrected chi connectivity index (χ3v) is 5.37. The Labute approximate surface area is 186 Å². The summed E-state index contributed by atoms with van der Waals surface area (Å²) in [6.07, 6.45) is 3.55. The van der Waals surface area contributed by atoms with Gasteiger partial charge in [0.05, 0.1) is 18.0 Å². The number of pyridine rings is 1. The quantitative estimate of drug-likeness (QED) is 0.649. The summed E-state index contributed by atoms with van der Waals surface area (Å²) in [7, 11) is 0. The van der Waals surface area contributed by atoms with Crippen LogP contribution in [0.5, 0.6) is 0 Å². The zero-order chi connectivity index (χ0) is 22.5. The fraction of sp³-hybridized carbons (Fsp3) is 0.348. The molecule has 9 nitrogen and oxygen atoms in total. The number of hydrogen-bond donors (Lipinski definition) is 0. The number of urea groups is 1. The van der Waals surface area contributed by atoms with Gasteiger partial charge in [-0.3, -0.25) is 19.5 Å². The number of fused-ring (bicyclic) bond motifs is 1. The van der Waals surface area contributed by atoms with E-state index in [0.29, 0.717) is 35.7 Å². The van der Waals surface area contributed by atoms with Crippen LogP contribution in [-0.2, 0) is 14.3 Å². The molecule has 3 amide bonds. The van der Waals surface area contributed by atoms with Crippen LogP contribution in [0.25, 0.3) is 0 Å². The Morgan fingerprint density at radius 3 is 2.50 bits per heavy atom. The molecule has 0 saturated carbocycles. The minimum atomic E-state index is -0.582. The van der Waals surface area contributed by atoms with E-state index in [1.807, 2.05) is 18.2 Å². The molecule has 3 heterocycles. The molecule has 0 radical (unpaired) electrons. The number of hydrogen-bond acceptors (Lipinski definition) is 6. The van der Waals surface area contributed by atoms with Crippen molar-refractivity contribution in [2.45, 2.75) is 19.8 Å². The fourth-order valence-corrected chi connectivity index (χ4v) is 3.85. The SMILES string of the molecule is CCOC(=O)CN1N=C(c2ccccn2)c2ccccc2N(CC(=O)N2CCCC2)C1=O. The van der Waals surface area contributed by atoms with Gasteiger partial charge in [-0.2, -0.15) is 5.10 Å². The lowest BCUT2D eigenvalue weighted by atomic mass is 10.0. The number of carbonyl (C=O) groups is 3. The number of anilines is 1. The van der Waals surface area contributed by atoms with Crippen LogP contribution < -0.4 is 4.90 Å². The number of ether oxygens (including phenoxy) is 1. The third kappa shape index (κ3) is 4.46. The van der Waals surface area contributed by atoms with Gasteiger partial charge in [-0.15, -0.1) is 0 Å². The summed E-state index contributed by atoms with van der Waals surface area (Å²) in [5.74, 6) is -0.718. The number of carbonyl (C=O) groups excluding carboxylic acids is 3. The van der Waals surface area contributed by atoms with E-state index in [2.05, 4.69) is 10.1 Å². The van der Waals surface area contributed by atoms with Crippen LogP contribution in [0.15, 0.2) is 53.8 Å². The minimum Gasteiger partial charge on any atom is -0.465 e. The molecule has 2 aromatic rings. The second-order valence-corrected chi connectivity index (χ2v) is 7.50. The smallest absolute Gasteiger partial charge is 0.345 e. The first-order valence-corrected chi connectivity index (χ1v) is 10.7. The molecule has 1 saturated heterocycles. The molecule has 0 aliphatic carbocycles. The van der Waals surface area contributed by atoms with Gasteiger partial charge < -0.3 is 9.64 Å². The topological polar surface area (TPSA) is 95.4 Å². The third-order valence-electron chi connectivity index (χ3n) is 5.37. The Kier molecular flexibility index (Phi) is 6.44. The second-order valence-electron chi connectivity index (χ2n) is 7.50. The molecule has 0 atom stereocenters. The second kappa shape index (κ2) is 9.59. The molecule has 2 aliphatic heterocycles. The molecular weight excluding hydrogens is 410 g/mol. The Balaban J connectivity index is 1.77. The van der Waals surface area contributed by atoms with Gasteiger partial charge in [0.15, 0.2) is 0 Å². The van der Waals surface area contributed by atoms with E-state index in [1.165, 1.54) is 4.90 Å². The van der Waals surface area contributed by atoms with Crippen LogP contribution in [0.3, 0.4) is 0 Å². The monoisotopic (exact) mass is 435 g/mol. The van der Waals surface area contributed by atoms with Crippen molar-refractivity contribution in [2.24, 2.45) is 5.10 Å². The summed E-state index contributed by atoms with van der Waals surface area (Å²) in [5.41, 5.74) is 2.19. The molecule has 1 aromatic carbocycles. The summed E-state index contributed by atoms with van der Waals surface area (Å²) in [6.45, 7) is 2.75. The lowest BCUT2D eigenvalue weighted by molar-refractivity contribution is -0.143. The maximum absolute atomic E-state index is 13.5. The number of para-hydroxylation sites is 1. The molecule has 0 bridgehead atoms. The van der Waals surface area contributed by atoms with Crippen molar-refractivity contribution in [3.05, 3.63) is 59.9 Å². The molecule has 2 aliphatic rings. The lowest BCUT2D eigenvalue weighted by Crippen LogP contribution is -2.47. The normalized spacial score (nSPS) is 15.8. The zero-order valence-corrected chi connectivity index (χ0v) is 17.9. The number of amides is 3. The largest absolute Gasteiger partial charge is 0.465 e. The van der Waals surface area contributed by atoms with Crippen LogP contribution >= 0.6 is 0 Å². The van der Waals surface area contributed by atoms with E-state index < -0.39 is 12.0 Å². The molecule has 0 spiro atoms. The highest BCUT2D eigenvalue weighted by atomic mass is 16.5. The number of benzene rings is 1. The molecule has 4 rings (SSSR count). The Morgan fingerprint density at radius 1 is 1.03 bits per heavy atom. The maximum atomic E-state index is 13.5. The van der Waals surface area contributed by atoms with Crippen molar-refractivity contribution >= 4 is 29.3 Å². The van der Waals surface area contributed by atoms with Gasteiger partial charge in [0, 0.05) is 24.8 Å². The van der Waals surface area contributed by atoms with Crippen molar-refractivity contribution in [3.63, 3.8) is 0 Å². The number of aromatic nitrogens is 1. The first-order valence-electron chi connectivity index (χ1n) is 10.7. The summed E-state index contributed by atoms with van der Waals surface area (Å²) in [5, 5.41) is 5.57. The predicted octanol–water partition coefficient (Wildman–Crippen LogP) is 2.26. The van der Waals surface area contributed by atoms with Gasteiger partial charge in [0.2, 0.25) is 5.91 Å². The van der Waals surface area contributed by atoms with Gasteiger partial charge >= 0.3 is 12.0 Å². The summed E-state index contributed by atoms with van der Waals surface area (Å²) >= 11 is 0. The van der Waals surface area contributed by atoms with Crippen molar-refractivity contribution in [1.29, 1.82) is 0 Å². The average molecular weight is 435 g/mol. The van der Waals surface area contributed by atoms with Crippen LogP contribution in [-0.4, -0.2) is 71.3 Å². The van der Waals surface area contributed by atoms with E-state index >= 15 is 0 Å². The number of esters is 1. The molecule has 166 valence electrons. The molecule has 1 fully saturated rings. The Hall–Kier alpha value is -3.75. The first-order chi connectivity index (χ1) is 15.6. The maximum Gasteiger partial charge on any atom is 0.345 e. The van der Waals surface area contributed by atoms with Crippen molar-refractivity contribution < 1.29 is 19.1 Å². The van der Waals surface area contributed by atoms with Gasteiger partial charge in [-0.05, 0) is 38.0 Å². The van der Waals surface area contributed by atoms with Crippen LogP contribution in [0.4, 0.5) is 10.5 Å². The highest BCUT2D eigenvalue weighted by molar-refractivity contribution is 6.18. The van der Waals surface area contributed by atoms with Gasteiger partial charge in [0.25, 0.3) is 0 Å². The minimum absolute atomic E-state index is 0.136. The van der Waals surface area contributed by atoms with Crippen LogP contribution in [0, 0.1) is 0 Å². The number of likely N-dealkylation sites (tertiary alicyclic amines) is 1. The van der Waals surface area contributed by atoms with Crippen molar-refractivity contribution in [3.8, 4) is 0 Å². The van der Waals surface area contributed by atoms with E-state index in [-0.39, 0.29) is 25.6 Å². The Morgan fingerprint density at radius 2 is 1.78 bits per heavy atom. The molecule has 9 heteroatoms. The van der Waals surface area contributed by atoms with Gasteiger partial charge in [-0.1, -0.05) is 24.3 Å². The average Bonchev–Trinajstić information content (AvgIpc) is 3.32. The summed E-state index contributed by atoms with van der Waals surface area (Å²) in [4.78, 5) is 46.2. The Bertz CT molecular complexity index is 1030. The zero-order valence-electron chi connectivity index (χ0n) is 17.9. The summed E-state index contributed by atoms with van der Waals surface area (Å²) in [6, 6.07) is 12.1. The van der Waals surface area contributed by atoms with Gasteiger partial charge in [0.1, 0.15) is 18.8 Å². The van der Waals surface area contributed by atoms with Crippen molar-refractivity contribution in [2.75, 3.05) is 37.7 Å². The highest BCUT2D eigenvalue weighted by Gasteiger charge is 2.34. The summed E-state index contributed by atoms with van der Waals surface area (Å²) < 4.78 is 5.04. The van der Waals surface area contributed by atoms with Gasteiger partial charge in [-0.25, -0.2) is 9.80 Å². The number of hydrazone groups is 1. The molecule has 0 N–H and O–H groups in total. The highest BCUT2D eigenvalue weighted by Crippen LogP contribution is 2.28. The molecule has 32 heavy (non-hydrogen) atoms. The van der Waals surface area contributed by atoms with E-state index in [0.717, 1.165) is 17.9 Å². The van der Waals surface area contributed by atoms with E-state index in [1.54, 1.807) is 42.3 Å². The van der Waals surface area contributed by atoms with Crippen molar-refractivity contribution in [1.82, 2.24) is 14.9 Å². The van der Waals surface area contributed by atoms with Crippen LogP contribution in [0.2, 0.25) is 0 Å². The van der Waals surface area contributed by atoms with E-state index in [9.17, 15) is 14.4 Å². The fourth-order valence-electron chi connectivity index (χ4n) is 3.85. The van der Waals surface area contributed by atoms with E-state index in [4.69, 9.17) is 4.74 Å². The molecule has 0 unspecified atom stereocenters. The molecular formula is C23H25N5O4. The first kappa shape index (κ1) is 21.5. The molecule has 1 aromatic heterocycles. The number of rotatable bonds is 6. The van der Waals surface area contributed by atoms with Crippen LogP contribution in [0.1, 0.15) is 31.0 Å². The lowest BCUT2D eigenvalue weighted by Gasteiger charge is -2.27. The standard InChI is InChI=1S/C23H25N5O4/c1-2-32-21(30)16-28-23(31)27(15-20(29)26-13-7-8-14-26)19-11-4-3-9-17(19)22(25-28)18-10-5-6-12-24-18/h3-6,9-12H,2,7-8,13-16H2,1H3.